The van der Waals surface area contributed by atoms with Crippen molar-refractivity contribution in [1.82, 2.24) is 10.2 Å². The molecule has 2 fully saturated rings. The molecule has 2 nitrogen and oxygen atoms in total. The maximum atomic E-state index is 6.27. The van der Waals surface area contributed by atoms with Gasteiger partial charge in [0.1, 0.15) is 0 Å². The lowest BCUT2D eigenvalue weighted by Crippen LogP contribution is -2.47. The van der Waals surface area contributed by atoms with Crippen LogP contribution in [-0.2, 0) is 0 Å². The minimum Gasteiger partial charge on any atom is -0.314 e. The van der Waals surface area contributed by atoms with E-state index < -0.39 is 0 Å². The van der Waals surface area contributed by atoms with Gasteiger partial charge in [-0.15, -0.1) is 0 Å². The molecule has 1 aliphatic heterocycles. The highest BCUT2D eigenvalue weighted by molar-refractivity contribution is 6.42. The van der Waals surface area contributed by atoms with Crippen LogP contribution in [0.3, 0.4) is 0 Å². The molecule has 1 saturated heterocycles. The number of hydrogen-bond donors (Lipinski definition) is 1. The van der Waals surface area contributed by atoms with E-state index in [1.807, 2.05) is 6.07 Å². The summed E-state index contributed by atoms with van der Waals surface area (Å²) >= 11 is 12.4. The fourth-order valence-electron chi connectivity index (χ4n) is 3.89. The van der Waals surface area contributed by atoms with E-state index in [9.17, 15) is 0 Å². The van der Waals surface area contributed by atoms with E-state index in [4.69, 9.17) is 23.2 Å². The molecule has 0 spiro atoms. The molecule has 1 heterocycles. The summed E-state index contributed by atoms with van der Waals surface area (Å²) in [5, 5.41) is 4.80. The Morgan fingerprint density at radius 3 is 2.38 bits per heavy atom. The maximum Gasteiger partial charge on any atom is 0.0595 e. The molecule has 21 heavy (non-hydrogen) atoms. The maximum absolute atomic E-state index is 6.27. The van der Waals surface area contributed by atoms with Crippen molar-refractivity contribution in [3.8, 4) is 0 Å². The number of benzene rings is 1. The van der Waals surface area contributed by atoms with E-state index in [1.54, 1.807) is 0 Å². The second-order valence-electron chi connectivity index (χ2n) is 6.30. The Morgan fingerprint density at radius 2 is 1.71 bits per heavy atom. The molecule has 1 N–H and O–H groups in total. The Morgan fingerprint density at radius 1 is 1.00 bits per heavy atom. The molecule has 0 amide bonds. The van der Waals surface area contributed by atoms with Gasteiger partial charge in [0, 0.05) is 32.2 Å². The topological polar surface area (TPSA) is 15.3 Å². The molecule has 0 unspecified atom stereocenters. The van der Waals surface area contributed by atoms with Crippen LogP contribution < -0.4 is 5.32 Å². The van der Waals surface area contributed by atoms with Gasteiger partial charge in [-0.25, -0.2) is 0 Å². The minimum absolute atomic E-state index is 0.502. The Kier molecular flexibility index (Phi) is 5.44. The van der Waals surface area contributed by atoms with Crippen molar-refractivity contribution < 1.29 is 0 Å². The second-order valence-corrected chi connectivity index (χ2v) is 7.12. The number of nitrogens with zero attached hydrogens (tertiary/aromatic N) is 1. The molecule has 1 aliphatic carbocycles. The molecule has 116 valence electrons. The van der Waals surface area contributed by atoms with Gasteiger partial charge in [-0.1, -0.05) is 48.5 Å². The lowest BCUT2D eigenvalue weighted by Gasteiger charge is -2.41. The van der Waals surface area contributed by atoms with Gasteiger partial charge in [0.15, 0.2) is 0 Å². The summed E-state index contributed by atoms with van der Waals surface area (Å²) in [4.78, 5) is 2.64. The van der Waals surface area contributed by atoms with Crippen LogP contribution in [0.1, 0.15) is 43.7 Å². The minimum atomic E-state index is 0.502. The standard InChI is InChI=1S/C17H24Cl2N2/c18-15-7-6-14(12-16(15)19)17(13-4-2-1-3-5-13)21-10-8-20-9-11-21/h6-7,12-13,17,20H,1-5,8-11H2/t17-/m1/s1. The first-order valence-corrected chi connectivity index (χ1v) is 8.91. The van der Waals surface area contributed by atoms with Gasteiger partial charge < -0.3 is 5.32 Å². The van der Waals surface area contributed by atoms with E-state index in [0.717, 1.165) is 32.1 Å². The smallest absolute Gasteiger partial charge is 0.0595 e. The number of rotatable bonds is 3. The Hall–Kier alpha value is -0.280. The highest BCUT2D eigenvalue weighted by Gasteiger charge is 2.31. The first-order chi connectivity index (χ1) is 10.3. The van der Waals surface area contributed by atoms with Crippen LogP contribution in [0.4, 0.5) is 0 Å². The number of hydrogen-bond acceptors (Lipinski definition) is 2. The predicted octanol–water partition coefficient (Wildman–Crippen LogP) is 4.52. The molecule has 1 saturated carbocycles. The first kappa shape index (κ1) is 15.6. The van der Waals surface area contributed by atoms with Crippen molar-refractivity contribution in [3.63, 3.8) is 0 Å². The van der Waals surface area contributed by atoms with Crippen molar-refractivity contribution in [2.75, 3.05) is 26.2 Å². The van der Waals surface area contributed by atoms with Crippen LogP contribution in [0, 0.1) is 5.92 Å². The van der Waals surface area contributed by atoms with Crippen LogP contribution in [0.2, 0.25) is 10.0 Å². The summed E-state index contributed by atoms with van der Waals surface area (Å²) in [5.41, 5.74) is 1.35. The largest absolute Gasteiger partial charge is 0.314 e. The highest BCUT2D eigenvalue weighted by Crippen LogP contribution is 2.40. The van der Waals surface area contributed by atoms with Gasteiger partial charge in [-0.2, -0.15) is 0 Å². The van der Waals surface area contributed by atoms with Crippen LogP contribution in [0.15, 0.2) is 18.2 Å². The summed E-state index contributed by atoms with van der Waals surface area (Å²) < 4.78 is 0. The van der Waals surface area contributed by atoms with Crippen LogP contribution in [-0.4, -0.2) is 31.1 Å². The van der Waals surface area contributed by atoms with Crippen molar-refractivity contribution in [2.45, 2.75) is 38.1 Å². The van der Waals surface area contributed by atoms with E-state index >= 15 is 0 Å². The summed E-state index contributed by atoms with van der Waals surface area (Å²) in [6, 6.07) is 6.72. The monoisotopic (exact) mass is 326 g/mol. The Bertz CT molecular complexity index is 448. The summed E-state index contributed by atoms with van der Waals surface area (Å²) in [6.45, 7) is 4.43. The molecule has 0 bridgehead atoms. The average molecular weight is 327 g/mol. The van der Waals surface area contributed by atoms with E-state index in [-0.39, 0.29) is 0 Å². The first-order valence-electron chi connectivity index (χ1n) is 8.15. The molecular formula is C17H24Cl2N2. The normalized spacial score (nSPS) is 23.1. The van der Waals surface area contributed by atoms with Gasteiger partial charge >= 0.3 is 0 Å². The van der Waals surface area contributed by atoms with Gasteiger partial charge in [-0.05, 0) is 36.5 Å². The SMILES string of the molecule is Clc1ccc([C@@H](C2CCCCC2)N2CCNCC2)cc1Cl. The molecular weight excluding hydrogens is 303 g/mol. The molecule has 4 heteroatoms. The zero-order chi connectivity index (χ0) is 14.7. The van der Waals surface area contributed by atoms with Gasteiger partial charge in [0.05, 0.1) is 10.0 Å². The molecule has 1 aromatic carbocycles. The molecule has 1 aromatic rings. The highest BCUT2D eigenvalue weighted by atomic mass is 35.5. The van der Waals surface area contributed by atoms with E-state index in [0.29, 0.717) is 16.1 Å². The van der Waals surface area contributed by atoms with Crippen LogP contribution >= 0.6 is 23.2 Å². The molecule has 3 rings (SSSR count). The lowest BCUT2D eigenvalue weighted by atomic mass is 9.80. The van der Waals surface area contributed by atoms with E-state index in [2.05, 4.69) is 22.3 Å². The number of piperazine rings is 1. The third kappa shape index (κ3) is 3.73. The predicted molar refractivity (Wildman–Crippen MR) is 90.2 cm³/mol. The van der Waals surface area contributed by atoms with Gasteiger partial charge in [0.25, 0.3) is 0 Å². The Balaban J connectivity index is 1.87. The quantitative estimate of drug-likeness (QED) is 0.878. The van der Waals surface area contributed by atoms with Crippen molar-refractivity contribution in [2.24, 2.45) is 5.92 Å². The third-order valence-corrected chi connectivity index (χ3v) is 5.67. The van der Waals surface area contributed by atoms with Crippen LogP contribution in [0.25, 0.3) is 0 Å². The molecule has 0 radical (unpaired) electrons. The molecule has 0 aromatic heterocycles. The second kappa shape index (κ2) is 7.32. The molecule has 1 atom stereocenters. The van der Waals surface area contributed by atoms with Crippen molar-refractivity contribution >= 4 is 23.2 Å². The number of halogens is 2. The fraction of sp³-hybridized carbons (Fsp3) is 0.647. The zero-order valence-corrected chi connectivity index (χ0v) is 14.0. The van der Waals surface area contributed by atoms with Gasteiger partial charge in [-0.3, -0.25) is 4.90 Å². The number of nitrogens with one attached hydrogen (secondary N) is 1. The fourth-order valence-corrected chi connectivity index (χ4v) is 4.19. The average Bonchev–Trinajstić information content (AvgIpc) is 2.53. The summed E-state index contributed by atoms with van der Waals surface area (Å²) in [6.07, 6.45) is 6.82. The van der Waals surface area contributed by atoms with E-state index in [1.165, 1.54) is 37.7 Å². The van der Waals surface area contributed by atoms with Crippen LogP contribution in [0.5, 0.6) is 0 Å². The lowest BCUT2D eigenvalue weighted by molar-refractivity contribution is 0.103. The Labute approximate surface area is 137 Å². The molecule has 2 aliphatic rings. The summed E-state index contributed by atoms with van der Waals surface area (Å²) in [7, 11) is 0. The zero-order valence-electron chi connectivity index (χ0n) is 12.5. The van der Waals surface area contributed by atoms with Crippen molar-refractivity contribution in [3.05, 3.63) is 33.8 Å². The third-order valence-electron chi connectivity index (χ3n) is 4.93. The summed E-state index contributed by atoms with van der Waals surface area (Å²) in [5.74, 6) is 0.758. The van der Waals surface area contributed by atoms with Gasteiger partial charge in [0.2, 0.25) is 0 Å². The van der Waals surface area contributed by atoms with Crippen molar-refractivity contribution in [1.29, 1.82) is 0 Å².